The molecule has 0 saturated carbocycles. The molecule has 18 heavy (non-hydrogen) atoms. The largest absolute Gasteiger partial charge is 0.478 e. The van der Waals surface area contributed by atoms with Crippen molar-refractivity contribution >= 4 is 29.7 Å². The Kier molecular flexibility index (Phi) is 5.19. The van der Waals surface area contributed by atoms with Gasteiger partial charge in [-0.15, -0.1) is 11.8 Å². The summed E-state index contributed by atoms with van der Waals surface area (Å²) in [6.07, 6.45) is -0.804. The number of alkyl carbamates (subject to hydrolysis) is 1. The van der Waals surface area contributed by atoms with Crippen molar-refractivity contribution in [2.45, 2.75) is 4.90 Å². The minimum Gasteiger partial charge on any atom is -0.478 e. The van der Waals surface area contributed by atoms with Gasteiger partial charge in [0, 0.05) is 4.90 Å². The van der Waals surface area contributed by atoms with Gasteiger partial charge in [0.15, 0.2) is 0 Å². The number of methoxy groups -OCH3 is 1. The molecule has 0 unspecified atom stereocenters. The second kappa shape index (κ2) is 6.65. The Labute approximate surface area is 107 Å². The molecule has 0 aliphatic heterocycles. The van der Waals surface area contributed by atoms with Gasteiger partial charge in [0.25, 0.3) is 0 Å². The second-order valence-electron chi connectivity index (χ2n) is 3.16. The minimum atomic E-state index is -1.00. The zero-order valence-electron chi connectivity index (χ0n) is 9.50. The zero-order chi connectivity index (χ0) is 13.5. The number of carbonyl (C=O) groups excluding carboxylic acids is 2. The normalized spacial score (nSPS) is 9.61. The molecule has 0 spiro atoms. The minimum absolute atomic E-state index is 0.0432. The number of benzene rings is 1. The van der Waals surface area contributed by atoms with Gasteiger partial charge in [0.05, 0.1) is 18.4 Å². The fourth-order valence-electron chi connectivity index (χ4n) is 1.04. The van der Waals surface area contributed by atoms with E-state index in [0.29, 0.717) is 0 Å². The number of rotatable bonds is 4. The van der Waals surface area contributed by atoms with Crippen LogP contribution in [-0.4, -0.2) is 35.9 Å². The number of carbonyl (C=O) groups is 3. The van der Waals surface area contributed by atoms with Gasteiger partial charge in [0.2, 0.25) is 5.91 Å². The molecule has 0 heterocycles. The monoisotopic (exact) mass is 269 g/mol. The Morgan fingerprint density at radius 3 is 2.39 bits per heavy atom. The molecule has 0 radical (unpaired) electrons. The van der Waals surface area contributed by atoms with Crippen LogP contribution in [0.3, 0.4) is 0 Å². The SMILES string of the molecule is COC(=O)NC(=O)CSc1ccc(C(=O)O)cc1. The number of ether oxygens (including phenoxy) is 1. The number of aromatic carboxylic acids is 1. The Balaban J connectivity index is 2.46. The first kappa shape index (κ1) is 14.0. The van der Waals surface area contributed by atoms with Gasteiger partial charge < -0.3 is 9.84 Å². The third kappa shape index (κ3) is 4.46. The molecule has 1 rings (SSSR count). The van der Waals surface area contributed by atoms with Gasteiger partial charge in [-0.25, -0.2) is 9.59 Å². The van der Waals surface area contributed by atoms with E-state index in [2.05, 4.69) is 4.74 Å². The molecule has 2 amide bonds. The van der Waals surface area contributed by atoms with Crippen molar-refractivity contribution < 1.29 is 24.2 Å². The number of imide groups is 1. The van der Waals surface area contributed by atoms with E-state index in [-0.39, 0.29) is 11.3 Å². The van der Waals surface area contributed by atoms with Crippen LogP contribution in [0, 0.1) is 0 Å². The van der Waals surface area contributed by atoms with Crippen molar-refractivity contribution in [3.05, 3.63) is 29.8 Å². The van der Waals surface area contributed by atoms with E-state index in [4.69, 9.17) is 5.11 Å². The van der Waals surface area contributed by atoms with E-state index in [9.17, 15) is 14.4 Å². The molecule has 0 bridgehead atoms. The quantitative estimate of drug-likeness (QED) is 0.802. The Morgan fingerprint density at radius 2 is 1.89 bits per heavy atom. The molecular formula is C11H11NO5S. The third-order valence-corrected chi connectivity index (χ3v) is 2.91. The molecule has 0 fully saturated rings. The van der Waals surface area contributed by atoms with Crippen molar-refractivity contribution in [1.82, 2.24) is 5.32 Å². The van der Waals surface area contributed by atoms with E-state index in [1.165, 1.54) is 31.0 Å². The number of hydrogen-bond donors (Lipinski definition) is 2. The fraction of sp³-hybridized carbons (Fsp3) is 0.182. The molecule has 1 aromatic carbocycles. The van der Waals surface area contributed by atoms with Crippen LogP contribution in [0.2, 0.25) is 0 Å². The highest BCUT2D eigenvalue weighted by Crippen LogP contribution is 2.18. The van der Waals surface area contributed by atoms with Crippen LogP contribution in [0.15, 0.2) is 29.2 Å². The summed E-state index contributed by atoms with van der Waals surface area (Å²) in [5, 5.41) is 10.7. The lowest BCUT2D eigenvalue weighted by molar-refractivity contribution is -0.117. The van der Waals surface area contributed by atoms with Gasteiger partial charge >= 0.3 is 12.1 Å². The maximum atomic E-state index is 11.2. The molecule has 0 aliphatic carbocycles. The van der Waals surface area contributed by atoms with Crippen LogP contribution in [0.25, 0.3) is 0 Å². The van der Waals surface area contributed by atoms with Crippen molar-refractivity contribution in [2.75, 3.05) is 12.9 Å². The molecular weight excluding hydrogens is 258 g/mol. The summed E-state index contributed by atoms with van der Waals surface area (Å²) in [5.74, 6) is -1.44. The van der Waals surface area contributed by atoms with Gasteiger partial charge in [-0.2, -0.15) is 0 Å². The highest BCUT2D eigenvalue weighted by atomic mass is 32.2. The summed E-state index contributed by atoms with van der Waals surface area (Å²) >= 11 is 1.19. The van der Waals surface area contributed by atoms with E-state index in [0.717, 1.165) is 4.90 Å². The van der Waals surface area contributed by atoms with Crippen LogP contribution in [0.5, 0.6) is 0 Å². The molecule has 0 saturated heterocycles. The fourth-order valence-corrected chi connectivity index (χ4v) is 1.74. The molecule has 0 aliphatic rings. The highest BCUT2D eigenvalue weighted by molar-refractivity contribution is 8.00. The lowest BCUT2D eigenvalue weighted by atomic mass is 10.2. The Bertz CT molecular complexity index is 457. The second-order valence-corrected chi connectivity index (χ2v) is 4.21. The van der Waals surface area contributed by atoms with Crippen LogP contribution in [0.1, 0.15) is 10.4 Å². The smallest absolute Gasteiger partial charge is 0.413 e. The van der Waals surface area contributed by atoms with E-state index >= 15 is 0 Å². The van der Waals surface area contributed by atoms with Crippen molar-refractivity contribution in [3.63, 3.8) is 0 Å². The lowest BCUT2D eigenvalue weighted by Gasteiger charge is -2.03. The summed E-state index contributed by atoms with van der Waals surface area (Å²) in [4.78, 5) is 33.3. The maximum Gasteiger partial charge on any atom is 0.413 e. The first-order valence-corrected chi connectivity index (χ1v) is 5.85. The van der Waals surface area contributed by atoms with E-state index < -0.39 is 18.0 Å². The predicted molar refractivity (Wildman–Crippen MR) is 64.7 cm³/mol. The summed E-state index contributed by atoms with van der Waals surface area (Å²) in [7, 11) is 1.17. The Hall–Kier alpha value is -2.02. The molecule has 6 nitrogen and oxygen atoms in total. The summed E-state index contributed by atoms with van der Waals surface area (Å²) < 4.78 is 4.27. The van der Waals surface area contributed by atoms with Gasteiger partial charge in [-0.1, -0.05) is 0 Å². The zero-order valence-corrected chi connectivity index (χ0v) is 10.3. The topological polar surface area (TPSA) is 92.7 Å². The summed E-state index contributed by atoms with van der Waals surface area (Å²) in [5.41, 5.74) is 0.179. The van der Waals surface area contributed by atoms with Crippen molar-refractivity contribution in [1.29, 1.82) is 0 Å². The van der Waals surface area contributed by atoms with Gasteiger partial charge in [-0.05, 0) is 24.3 Å². The first-order valence-electron chi connectivity index (χ1n) is 4.87. The summed E-state index contributed by atoms with van der Waals surface area (Å²) in [6, 6.07) is 6.09. The van der Waals surface area contributed by atoms with Gasteiger partial charge in [-0.3, -0.25) is 10.1 Å². The third-order valence-electron chi connectivity index (χ3n) is 1.90. The lowest BCUT2D eigenvalue weighted by Crippen LogP contribution is -2.31. The molecule has 0 aromatic heterocycles. The standard InChI is InChI=1S/C11H11NO5S/c1-17-11(16)12-9(13)6-18-8-4-2-7(3-5-8)10(14)15/h2-5H,6H2,1H3,(H,14,15)(H,12,13,16). The van der Waals surface area contributed by atoms with Crippen molar-refractivity contribution in [2.24, 2.45) is 0 Å². The predicted octanol–water partition coefficient (Wildman–Crippen LogP) is 1.36. The Morgan fingerprint density at radius 1 is 1.28 bits per heavy atom. The van der Waals surface area contributed by atoms with Gasteiger partial charge in [0.1, 0.15) is 0 Å². The molecule has 0 atom stereocenters. The average molecular weight is 269 g/mol. The van der Waals surface area contributed by atoms with Crippen LogP contribution in [0.4, 0.5) is 4.79 Å². The van der Waals surface area contributed by atoms with Crippen LogP contribution in [-0.2, 0) is 9.53 Å². The van der Waals surface area contributed by atoms with E-state index in [1.54, 1.807) is 12.1 Å². The van der Waals surface area contributed by atoms with E-state index in [1.807, 2.05) is 5.32 Å². The number of carboxylic acids is 1. The van der Waals surface area contributed by atoms with Crippen LogP contribution >= 0.6 is 11.8 Å². The number of thioether (sulfide) groups is 1. The number of hydrogen-bond acceptors (Lipinski definition) is 5. The molecule has 7 heteroatoms. The first-order chi connectivity index (χ1) is 8.52. The summed E-state index contributed by atoms with van der Waals surface area (Å²) in [6.45, 7) is 0. The van der Waals surface area contributed by atoms with Crippen LogP contribution < -0.4 is 5.32 Å². The highest BCUT2D eigenvalue weighted by Gasteiger charge is 2.08. The number of carboxylic acid groups (broad SMARTS) is 1. The maximum absolute atomic E-state index is 11.2. The average Bonchev–Trinajstić information content (AvgIpc) is 2.36. The number of amides is 2. The number of nitrogens with one attached hydrogen (secondary N) is 1. The molecule has 96 valence electrons. The molecule has 2 N–H and O–H groups in total. The molecule has 1 aromatic rings. The van der Waals surface area contributed by atoms with Crippen molar-refractivity contribution in [3.8, 4) is 0 Å².